The molecule has 26 heavy (non-hydrogen) atoms. The van der Waals surface area contributed by atoms with Crippen molar-refractivity contribution in [2.75, 3.05) is 32.8 Å². The number of benzene rings is 1. The summed E-state index contributed by atoms with van der Waals surface area (Å²) in [6.07, 6.45) is 5.53. The van der Waals surface area contributed by atoms with Gasteiger partial charge < -0.3 is 15.3 Å². The predicted molar refractivity (Wildman–Crippen MR) is 121 cm³/mol. The van der Waals surface area contributed by atoms with E-state index in [-0.39, 0.29) is 30.6 Å². The zero-order valence-corrected chi connectivity index (χ0v) is 18.7. The summed E-state index contributed by atoms with van der Waals surface area (Å²) in [4.78, 5) is 7.31. The maximum Gasteiger partial charge on any atom is 0.193 e. The molecule has 1 aliphatic rings. The lowest BCUT2D eigenvalue weighted by Gasteiger charge is -2.23. The number of nitrogens with one attached hydrogen (secondary N) is 1. The van der Waals surface area contributed by atoms with E-state index in [0.717, 1.165) is 57.8 Å². The number of likely N-dealkylation sites (tertiary alicyclic amines) is 1. The molecule has 2 unspecified atom stereocenters. The quantitative estimate of drug-likeness (QED) is 0.325. The topological polar surface area (TPSA) is 47.9 Å². The molecule has 0 aromatic heterocycles. The van der Waals surface area contributed by atoms with Crippen LogP contribution in [0.1, 0.15) is 45.1 Å². The van der Waals surface area contributed by atoms with Crippen molar-refractivity contribution in [3.8, 4) is 0 Å². The van der Waals surface area contributed by atoms with E-state index >= 15 is 0 Å². The van der Waals surface area contributed by atoms with Crippen LogP contribution in [0.3, 0.4) is 0 Å². The van der Waals surface area contributed by atoms with Crippen molar-refractivity contribution in [2.24, 2.45) is 16.8 Å². The molecule has 148 valence electrons. The average Bonchev–Trinajstić information content (AvgIpc) is 3.08. The number of aliphatic hydroxyl groups excluding tert-OH is 1. The molecular weight excluding hydrogens is 437 g/mol. The fraction of sp³-hybridized carbons (Fsp3) is 0.667. The van der Waals surface area contributed by atoms with Gasteiger partial charge in [-0.2, -0.15) is 0 Å². The fourth-order valence-electron chi connectivity index (χ4n) is 3.70. The van der Waals surface area contributed by atoms with Crippen molar-refractivity contribution in [1.82, 2.24) is 10.2 Å². The van der Waals surface area contributed by atoms with Gasteiger partial charge in [0, 0.05) is 32.8 Å². The van der Waals surface area contributed by atoms with Gasteiger partial charge in [-0.25, -0.2) is 0 Å². The van der Waals surface area contributed by atoms with Crippen LogP contribution in [-0.4, -0.2) is 48.8 Å². The molecule has 1 aromatic rings. The summed E-state index contributed by atoms with van der Waals surface area (Å²) in [6, 6.07) is 10.8. The van der Waals surface area contributed by atoms with Gasteiger partial charge in [0.05, 0.1) is 0 Å². The molecule has 0 amide bonds. The Morgan fingerprint density at radius 1 is 1.27 bits per heavy atom. The molecule has 1 aromatic carbocycles. The third kappa shape index (κ3) is 7.82. The molecule has 1 saturated heterocycles. The molecule has 5 heteroatoms. The Morgan fingerprint density at radius 2 is 2.04 bits per heavy atom. The molecule has 2 atom stereocenters. The normalized spacial score (nSPS) is 18.5. The van der Waals surface area contributed by atoms with Crippen LogP contribution in [0, 0.1) is 11.8 Å². The highest BCUT2D eigenvalue weighted by Gasteiger charge is 2.25. The number of nitrogens with zero attached hydrogens (tertiary/aromatic N) is 2. The van der Waals surface area contributed by atoms with E-state index in [2.05, 4.69) is 54.4 Å². The number of aliphatic imine (C=N–C) groups is 1. The highest BCUT2D eigenvalue weighted by molar-refractivity contribution is 14.0. The van der Waals surface area contributed by atoms with Gasteiger partial charge in [-0.3, -0.25) is 4.99 Å². The first-order chi connectivity index (χ1) is 12.3. The average molecular weight is 473 g/mol. The van der Waals surface area contributed by atoms with Crippen molar-refractivity contribution >= 4 is 29.9 Å². The van der Waals surface area contributed by atoms with E-state index in [1.807, 2.05) is 0 Å². The summed E-state index contributed by atoms with van der Waals surface area (Å²) in [7, 11) is 0. The third-order valence-corrected chi connectivity index (χ3v) is 5.02. The van der Waals surface area contributed by atoms with Crippen molar-refractivity contribution in [3.05, 3.63) is 35.9 Å². The first-order valence-electron chi connectivity index (χ1n) is 9.94. The second kappa shape index (κ2) is 13.4. The lowest BCUT2D eigenvalue weighted by Crippen LogP contribution is -2.40. The minimum Gasteiger partial charge on any atom is -0.396 e. The van der Waals surface area contributed by atoms with Crippen LogP contribution in [-0.2, 0) is 6.42 Å². The van der Waals surface area contributed by atoms with Gasteiger partial charge in [-0.15, -0.1) is 24.0 Å². The van der Waals surface area contributed by atoms with Crippen LogP contribution in [0.5, 0.6) is 0 Å². The van der Waals surface area contributed by atoms with Crippen LogP contribution >= 0.6 is 24.0 Å². The Balaban J connectivity index is 0.00000338. The Labute approximate surface area is 176 Å². The lowest BCUT2D eigenvalue weighted by atomic mass is 9.99. The van der Waals surface area contributed by atoms with Gasteiger partial charge in [-0.05, 0) is 50.0 Å². The summed E-state index contributed by atoms with van der Waals surface area (Å²) in [5.74, 6) is 2.25. The van der Waals surface area contributed by atoms with Crippen LogP contribution in [0.15, 0.2) is 35.3 Å². The van der Waals surface area contributed by atoms with E-state index in [0.29, 0.717) is 11.8 Å². The zero-order valence-electron chi connectivity index (χ0n) is 16.4. The summed E-state index contributed by atoms with van der Waals surface area (Å²) in [5, 5.41) is 12.7. The largest absolute Gasteiger partial charge is 0.396 e. The Hall–Kier alpha value is -0.820. The standard InChI is InChI=1S/C21H35N3O.HI/c1-3-8-19(12-14-25)16-23-21(22-4-2)24-13-11-20(17-24)15-18-9-6-5-7-10-18;/h5-7,9-10,19-20,25H,3-4,8,11-17H2,1-2H3,(H,22,23);1H. The highest BCUT2D eigenvalue weighted by Crippen LogP contribution is 2.21. The van der Waals surface area contributed by atoms with Gasteiger partial charge in [0.15, 0.2) is 5.96 Å². The summed E-state index contributed by atoms with van der Waals surface area (Å²) >= 11 is 0. The second-order valence-corrected chi connectivity index (χ2v) is 7.15. The van der Waals surface area contributed by atoms with E-state index in [9.17, 15) is 5.11 Å². The molecule has 2 N–H and O–H groups in total. The molecule has 1 heterocycles. The van der Waals surface area contributed by atoms with Crippen molar-refractivity contribution in [3.63, 3.8) is 0 Å². The number of hydrogen-bond acceptors (Lipinski definition) is 2. The maximum absolute atomic E-state index is 9.24. The molecule has 0 saturated carbocycles. The molecule has 0 spiro atoms. The molecular formula is C21H36IN3O. The van der Waals surface area contributed by atoms with E-state index < -0.39 is 0 Å². The predicted octanol–water partition coefficient (Wildman–Crippen LogP) is 3.93. The zero-order chi connectivity index (χ0) is 17.9. The van der Waals surface area contributed by atoms with E-state index in [1.165, 1.54) is 12.0 Å². The molecule has 0 radical (unpaired) electrons. The van der Waals surface area contributed by atoms with Gasteiger partial charge in [0.25, 0.3) is 0 Å². The van der Waals surface area contributed by atoms with Crippen LogP contribution in [0.2, 0.25) is 0 Å². The Bertz CT molecular complexity index is 503. The lowest BCUT2D eigenvalue weighted by molar-refractivity contribution is 0.253. The highest BCUT2D eigenvalue weighted by atomic mass is 127. The smallest absolute Gasteiger partial charge is 0.193 e. The third-order valence-electron chi connectivity index (χ3n) is 5.02. The number of hydrogen-bond donors (Lipinski definition) is 2. The molecule has 1 fully saturated rings. The number of aliphatic hydroxyl groups is 1. The first-order valence-corrected chi connectivity index (χ1v) is 9.94. The maximum atomic E-state index is 9.24. The van der Waals surface area contributed by atoms with Gasteiger partial charge in [0.2, 0.25) is 0 Å². The monoisotopic (exact) mass is 473 g/mol. The minimum absolute atomic E-state index is 0. The summed E-state index contributed by atoms with van der Waals surface area (Å²) in [6.45, 7) is 8.48. The molecule has 1 aliphatic heterocycles. The van der Waals surface area contributed by atoms with Crippen LogP contribution in [0.25, 0.3) is 0 Å². The number of guanidine groups is 1. The molecule has 4 nitrogen and oxygen atoms in total. The van der Waals surface area contributed by atoms with Crippen molar-refractivity contribution in [1.29, 1.82) is 0 Å². The van der Waals surface area contributed by atoms with Crippen LogP contribution in [0.4, 0.5) is 0 Å². The molecule has 0 bridgehead atoms. The summed E-state index contributed by atoms with van der Waals surface area (Å²) < 4.78 is 0. The fourth-order valence-corrected chi connectivity index (χ4v) is 3.70. The van der Waals surface area contributed by atoms with Crippen molar-refractivity contribution < 1.29 is 5.11 Å². The van der Waals surface area contributed by atoms with Gasteiger partial charge in [-0.1, -0.05) is 43.7 Å². The number of rotatable bonds is 9. The first kappa shape index (κ1) is 23.2. The second-order valence-electron chi connectivity index (χ2n) is 7.15. The number of halogens is 1. The van der Waals surface area contributed by atoms with Gasteiger partial charge >= 0.3 is 0 Å². The van der Waals surface area contributed by atoms with Crippen LogP contribution < -0.4 is 5.32 Å². The summed E-state index contributed by atoms with van der Waals surface area (Å²) in [5.41, 5.74) is 1.43. The Kier molecular flexibility index (Phi) is 11.9. The Morgan fingerprint density at radius 3 is 2.69 bits per heavy atom. The minimum atomic E-state index is 0. The van der Waals surface area contributed by atoms with Gasteiger partial charge in [0.1, 0.15) is 0 Å². The van der Waals surface area contributed by atoms with E-state index in [4.69, 9.17) is 4.99 Å². The SMILES string of the molecule is CCCC(CCO)CN=C(NCC)N1CCC(Cc2ccccc2)C1.I. The van der Waals surface area contributed by atoms with E-state index in [1.54, 1.807) is 0 Å². The molecule has 0 aliphatic carbocycles. The molecule has 2 rings (SSSR count). The van der Waals surface area contributed by atoms with Crippen molar-refractivity contribution in [2.45, 2.75) is 46.0 Å².